The van der Waals surface area contributed by atoms with E-state index in [0.29, 0.717) is 17.5 Å². The van der Waals surface area contributed by atoms with Gasteiger partial charge in [-0.05, 0) is 37.3 Å². The molecule has 4 nitrogen and oxygen atoms in total. The molecule has 2 aromatic rings. The highest BCUT2D eigenvalue weighted by molar-refractivity contribution is 5.69. The molecule has 3 atom stereocenters. The van der Waals surface area contributed by atoms with Crippen LogP contribution in [0.1, 0.15) is 37.1 Å². The van der Waals surface area contributed by atoms with Crippen LogP contribution in [-0.2, 0) is 0 Å². The monoisotopic (exact) mass is 335 g/mol. The van der Waals surface area contributed by atoms with Crippen molar-refractivity contribution < 1.29 is 0 Å². The van der Waals surface area contributed by atoms with Gasteiger partial charge in [-0.25, -0.2) is 4.98 Å². The summed E-state index contributed by atoms with van der Waals surface area (Å²) in [5.74, 6) is 0.516. The van der Waals surface area contributed by atoms with Gasteiger partial charge >= 0.3 is 0 Å². The Kier molecular flexibility index (Phi) is 5.29. The number of H-pyrrole nitrogens is 1. The zero-order valence-electron chi connectivity index (χ0n) is 15.0. The van der Waals surface area contributed by atoms with Crippen LogP contribution in [0.3, 0.4) is 0 Å². The molecule has 0 saturated carbocycles. The molecular formula is C21H25N3O. The van der Waals surface area contributed by atoms with Crippen LogP contribution >= 0.6 is 0 Å². The number of rotatable bonds is 4. The second-order valence-corrected chi connectivity index (χ2v) is 6.68. The zero-order chi connectivity index (χ0) is 17.8. The maximum absolute atomic E-state index is 11.9. The Morgan fingerprint density at radius 2 is 2.04 bits per heavy atom. The summed E-state index contributed by atoms with van der Waals surface area (Å²) in [5.41, 5.74) is 3.71. The Morgan fingerprint density at radius 1 is 1.28 bits per heavy atom. The summed E-state index contributed by atoms with van der Waals surface area (Å²) < 4.78 is 0. The summed E-state index contributed by atoms with van der Waals surface area (Å²) in [6, 6.07) is 10.9. The molecule has 1 aliphatic heterocycles. The predicted molar refractivity (Wildman–Crippen MR) is 103 cm³/mol. The fourth-order valence-corrected chi connectivity index (χ4v) is 3.49. The average molecular weight is 335 g/mol. The third kappa shape index (κ3) is 3.80. The van der Waals surface area contributed by atoms with Crippen molar-refractivity contribution in [3.63, 3.8) is 0 Å². The van der Waals surface area contributed by atoms with Crippen molar-refractivity contribution in [2.24, 2.45) is 5.92 Å². The maximum Gasteiger partial charge on any atom is 0.254 e. The Morgan fingerprint density at radius 3 is 2.76 bits per heavy atom. The Balaban J connectivity index is 1.79. The molecule has 0 aliphatic carbocycles. The van der Waals surface area contributed by atoms with Gasteiger partial charge in [0.1, 0.15) is 0 Å². The van der Waals surface area contributed by atoms with Crippen LogP contribution in [0.2, 0.25) is 0 Å². The fraction of sp³-hybridized carbons (Fsp3) is 0.333. The van der Waals surface area contributed by atoms with Crippen molar-refractivity contribution in [2.75, 3.05) is 0 Å². The number of allylic oxidation sites excluding steroid dienone is 1. The van der Waals surface area contributed by atoms with Gasteiger partial charge in [0.05, 0.1) is 12.0 Å². The van der Waals surface area contributed by atoms with Gasteiger partial charge in [0, 0.05) is 17.6 Å². The first kappa shape index (κ1) is 17.4. The minimum absolute atomic E-state index is 0.0732. The molecule has 1 saturated heterocycles. The molecule has 0 amide bonds. The highest BCUT2D eigenvalue weighted by atomic mass is 16.1. The van der Waals surface area contributed by atoms with E-state index in [4.69, 9.17) is 0 Å². The van der Waals surface area contributed by atoms with E-state index in [9.17, 15) is 4.79 Å². The Labute approximate surface area is 148 Å². The minimum Gasteiger partial charge on any atom is -0.313 e. The average Bonchev–Trinajstić information content (AvgIpc) is 2.99. The van der Waals surface area contributed by atoms with E-state index in [0.717, 1.165) is 17.7 Å². The standard InChI is InChI=1S/C21H25N3O/c1-4-17(20-15(3)21(25)23-13-22-20)19-12-14(2)18(24-19)11-10-16-8-6-5-7-9-16/h4-11,13-14,18-19,24H,12H2,1-3H3,(H,22,23,25)/b11-10-,17-4-/t14?,18-,19-/m1/s1. The highest BCUT2D eigenvalue weighted by Gasteiger charge is 2.32. The number of nitrogens with zero attached hydrogens (tertiary/aromatic N) is 1. The SMILES string of the molecule is C/C=C(\c1nc[nH]c(=O)c1C)[C@H]1CC(C)[C@@H](/C=C\c2ccccc2)N1. The first-order valence-electron chi connectivity index (χ1n) is 8.80. The molecule has 130 valence electrons. The van der Waals surface area contributed by atoms with Crippen LogP contribution < -0.4 is 10.9 Å². The van der Waals surface area contributed by atoms with E-state index in [2.05, 4.69) is 52.6 Å². The summed E-state index contributed by atoms with van der Waals surface area (Å²) in [7, 11) is 0. The van der Waals surface area contributed by atoms with Gasteiger partial charge in [0.2, 0.25) is 0 Å². The molecule has 1 fully saturated rings. The second-order valence-electron chi connectivity index (χ2n) is 6.68. The third-order valence-corrected chi connectivity index (χ3v) is 4.95. The summed E-state index contributed by atoms with van der Waals surface area (Å²) >= 11 is 0. The second kappa shape index (κ2) is 7.62. The molecule has 3 rings (SSSR count). The van der Waals surface area contributed by atoms with Gasteiger partial charge in [-0.15, -0.1) is 0 Å². The zero-order valence-corrected chi connectivity index (χ0v) is 15.0. The fourth-order valence-electron chi connectivity index (χ4n) is 3.49. The van der Waals surface area contributed by atoms with Crippen LogP contribution in [0, 0.1) is 12.8 Å². The van der Waals surface area contributed by atoms with Crippen LogP contribution in [0.25, 0.3) is 11.6 Å². The highest BCUT2D eigenvalue weighted by Crippen LogP contribution is 2.30. The number of nitrogens with one attached hydrogen (secondary N) is 2. The normalized spacial score (nSPS) is 24.1. The molecule has 2 N–H and O–H groups in total. The van der Waals surface area contributed by atoms with E-state index >= 15 is 0 Å². The molecule has 1 aliphatic rings. The van der Waals surface area contributed by atoms with E-state index in [1.54, 1.807) is 0 Å². The smallest absolute Gasteiger partial charge is 0.254 e. The van der Waals surface area contributed by atoms with Crippen LogP contribution in [0.4, 0.5) is 0 Å². The third-order valence-electron chi connectivity index (χ3n) is 4.95. The van der Waals surface area contributed by atoms with E-state index in [-0.39, 0.29) is 11.6 Å². The molecule has 0 bridgehead atoms. The summed E-state index contributed by atoms with van der Waals surface area (Å²) in [5, 5.41) is 3.70. The molecule has 0 radical (unpaired) electrons. The van der Waals surface area contributed by atoms with Crippen molar-refractivity contribution in [1.82, 2.24) is 15.3 Å². The van der Waals surface area contributed by atoms with Crippen molar-refractivity contribution >= 4 is 11.6 Å². The number of aromatic nitrogens is 2. The van der Waals surface area contributed by atoms with Gasteiger partial charge in [-0.1, -0.05) is 55.5 Å². The lowest BCUT2D eigenvalue weighted by Crippen LogP contribution is -2.31. The predicted octanol–water partition coefficient (Wildman–Crippen LogP) is 3.56. The summed E-state index contributed by atoms with van der Waals surface area (Å²) in [4.78, 5) is 19.0. The summed E-state index contributed by atoms with van der Waals surface area (Å²) in [6.45, 7) is 6.10. The molecular weight excluding hydrogens is 310 g/mol. The Hall–Kier alpha value is -2.46. The molecule has 1 unspecified atom stereocenters. The quantitative estimate of drug-likeness (QED) is 0.898. The van der Waals surface area contributed by atoms with Crippen molar-refractivity contribution in [3.8, 4) is 0 Å². The molecule has 1 aromatic carbocycles. The van der Waals surface area contributed by atoms with Crippen molar-refractivity contribution in [2.45, 2.75) is 39.3 Å². The van der Waals surface area contributed by atoms with Crippen molar-refractivity contribution in [1.29, 1.82) is 0 Å². The lowest BCUT2D eigenvalue weighted by Gasteiger charge is -2.17. The molecule has 0 spiro atoms. The van der Waals surface area contributed by atoms with Crippen LogP contribution in [0.5, 0.6) is 0 Å². The van der Waals surface area contributed by atoms with Crippen LogP contribution in [0.15, 0.2) is 53.6 Å². The first-order chi connectivity index (χ1) is 12.1. The number of aromatic amines is 1. The van der Waals surface area contributed by atoms with Gasteiger partial charge in [-0.2, -0.15) is 0 Å². The molecule has 1 aromatic heterocycles. The Bertz CT molecular complexity index is 836. The summed E-state index contributed by atoms with van der Waals surface area (Å²) in [6.07, 6.45) is 8.99. The van der Waals surface area contributed by atoms with E-state index in [1.165, 1.54) is 11.9 Å². The first-order valence-corrected chi connectivity index (χ1v) is 8.80. The lowest BCUT2D eigenvalue weighted by molar-refractivity contribution is 0.563. The van der Waals surface area contributed by atoms with E-state index < -0.39 is 0 Å². The number of hydrogen-bond donors (Lipinski definition) is 2. The largest absolute Gasteiger partial charge is 0.313 e. The van der Waals surface area contributed by atoms with E-state index in [1.807, 2.05) is 32.0 Å². The van der Waals surface area contributed by atoms with Gasteiger partial charge < -0.3 is 10.3 Å². The number of benzene rings is 1. The topological polar surface area (TPSA) is 57.8 Å². The molecule has 4 heteroatoms. The van der Waals surface area contributed by atoms with Crippen LogP contribution in [-0.4, -0.2) is 22.1 Å². The number of hydrogen-bond acceptors (Lipinski definition) is 3. The van der Waals surface area contributed by atoms with Gasteiger partial charge in [-0.3, -0.25) is 4.79 Å². The van der Waals surface area contributed by atoms with Gasteiger partial charge in [0.25, 0.3) is 5.56 Å². The lowest BCUT2D eigenvalue weighted by atomic mass is 9.95. The van der Waals surface area contributed by atoms with Gasteiger partial charge in [0.15, 0.2) is 0 Å². The minimum atomic E-state index is -0.0732. The molecule has 25 heavy (non-hydrogen) atoms. The maximum atomic E-state index is 11.9. The molecule has 2 heterocycles. The van der Waals surface area contributed by atoms with Crippen molar-refractivity contribution in [3.05, 3.63) is 76.0 Å².